The Labute approximate surface area is 195 Å². The van der Waals surface area contributed by atoms with Crippen LogP contribution in [-0.2, 0) is 19.4 Å². The number of phenolic OH excluding ortho intramolecular Hbond substituents is 1. The molecule has 2 N–H and O–H groups in total. The van der Waals surface area contributed by atoms with Gasteiger partial charge in [-0.3, -0.25) is 9.36 Å². The summed E-state index contributed by atoms with van der Waals surface area (Å²) in [5.74, 6) is 1.99. The molecule has 0 aliphatic carbocycles. The standard InChI is InChI=1S/C21H21BrN8O3/c1-2-3-4-11-29-18-16(24-20(22)25-18)19(32)30-14(26-27-21(29)30)9-10-15-23-17(28-33-15)12-5-7-13(31)8-6-12/h5-8,31H,2-4,9-11H2,1H3,(H,24,25). The fraction of sp³-hybridized carbons (Fsp3) is 0.333. The van der Waals surface area contributed by atoms with Gasteiger partial charge in [-0.1, -0.05) is 24.9 Å². The van der Waals surface area contributed by atoms with E-state index in [1.54, 1.807) is 24.3 Å². The van der Waals surface area contributed by atoms with Crippen LogP contribution in [0.1, 0.15) is 37.9 Å². The number of rotatable bonds is 8. The van der Waals surface area contributed by atoms with Crippen LogP contribution < -0.4 is 5.56 Å². The van der Waals surface area contributed by atoms with Gasteiger partial charge < -0.3 is 14.6 Å². The molecule has 0 aliphatic heterocycles. The molecule has 5 rings (SSSR count). The lowest BCUT2D eigenvalue weighted by Gasteiger charge is -2.09. The van der Waals surface area contributed by atoms with Crippen LogP contribution in [0.2, 0.25) is 0 Å². The first kappa shape index (κ1) is 21.3. The minimum Gasteiger partial charge on any atom is -0.508 e. The van der Waals surface area contributed by atoms with Crippen molar-refractivity contribution < 1.29 is 9.63 Å². The smallest absolute Gasteiger partial charge is 0.286 e. The highest BCUT2D eigenvalue weighted by atomic mass is 79.9. The number of benzene rings is 1. The average Bonchev–Trinajstić information content (AvgIpc) is 3.53. The number of hydrogen-bond acceptors (Lipinski definition) is 8. The van der Waals surface area contributed by atoms with Gasteiger partial charge in [-0.05, 0) is 46.6 Å². The zero-order valence-electron chi connectivity index (χ0n) is 17.8. The average molecular weight is 513 g/mol. The Morgan fingerprint density at radius 3 is 2.73 bits per heavy atom. The van der Waals surface area contributed by atoms with Crippen LogP contribution in [-0.4, -0.2) is 44.4 Å². The van der Waals surface area contributed by atoms with Crippen molar-refractivity contribution in [1.82, 2.24) is 39.3 Å². The predicted octanol–water partition coefficient (Wildman–Crippen LogP) is 3.26. The molecule has 0 radical (unpaired) electrons. The second-order valence-corrected chi connectivity index (χ2v) is 8.45. The summed E-state index contributed by atoms with van der Waals surface area (Å²) in [4.78, 5) is 25.0. The number of fused-ring (bicyclic) bond motifs is 2. The van der Waals surface area contributed by atoms with Gasteiger partial charge in [0.15, 0.2) is 15.9 Å². The molecule has 0 saturated carbocycles. The predicted molar refractivity (Wildman–Crippen MR) is 123 cm³/mol. The van der Waals surface area contributed by atoms with Crippen LogP contribution in [0.4, 0.5) is 0 Å². The molecule has 0 fully saturated rings. The Kier molecular flexibility index (Phi) is 5.67. The third-order valence-corrected chi connectivity index (χ3v) is 5.80. The monoisotopic (exact) mass is 512 g/mol. The Morgan fingerprint density at radius 2 is 1.94 bits per heavy atom. The fourth-order valence-corrected chi connectivity index (χ4v) is 4.13. The molecule has 1 aromatic carbocycles. The molecule has 0 aliphatic rings. The van der Waals surface area contributed by atoms with E-state index in [1.807, 2.05) is 4.57 Å². The zero-order chi connectivity index (χ0) is 22.9. The number of nitrogens with one attached hydrogen (secondary N) is 1. The summed E-state index contributed by atoms with van der Waals surface area (Å²) in [5.41, 5.74) is 1.45. The number of hydrogen-bond donors (Lipinski definition) is 2. The maximum atomic E-state index is 13.2. The molecule has 11 nitrogen and oxygen atoms in total. The van der Waals surface area contributed by atoms with E-state index in [4.69, 9.17) is 4.52 Å². The third-order valence-electron chi connectivity index (χ3n) is 5.42. The Bertz CT molecular complexity index is 1480. The molecule has 0 spiro atoms. The second-order valence-electron chi connectivity index (χ2n) is 7.70. The van der Waals surface area contributed by atoms with Crippen LogP contribution in [0.15, 0.2) is 38.3 Å². The third kappa shape index (κ3) is 4.01. The van der Waals surface area contributed by atoms with Crippen molar-refractivity contribution in [2.75, 3.05) is 0 Å². The number of unbranched alkanes of at least 4 members (excludes halogenated alkanes) is 2. The first-order valence-electron chi connectivity index (χ1n) is 10.7. The first-order chi connectivity index (χ1) is 16.0. The highest BCUT2D eigenvalue weighted by Crippen LogP contribution is 2.20. The molecule has 4 aromatic heterocycles. The SMILES string of the molecule is CCCCCn1c2nc(Br)[nH]c2c(=O)n2c(CCc3nc(-c4ccc(O)cc4)no3)nnc12. The lowest BCUT2D eigenvalue weighted by atomic mass is 10.2. The normalized spacial score (nSPS) is 11.7. The van der Waals surface area contributed by atoms with E-state index in [0.29, 0.717) is 58.6 Å². The van der Waals surface area contributed by atoms with Crippen LogP contribution in [0.25, 0.3) is 28.3 Å². The Hall–Kier alpha value is -3.54. The zero-order valence-corrected chi connectivity index (χ0v) is 19.4. The molecule has 33 heavy (non-hydrogen) atoms. The summed E-state index contributed by atoms with van der Waals surface area (Å²) >= 11 is 3.34. The molecule has 170 valence electrons. The van der Waals surface area contributed by atoms with E-state index >= 15 is 0 Å². The minimum absolute atomic E-state index is 0.167. The van der Waals surface area contributed by atoms with Crippen molar-refractivity contribution in [3.63, 3.8) is 0 Å². The Balaban J connectivity index is 1.46. The summed E-state index contributed by atoms with van der Waals surface area (Å²) in [6.07, 6.45) is 3.87. The topological polar surface area (TPSA) is 140 Å². The number of H-pyrrole nitrogens is 1. The number of aromatic hydroxyl groups is 1. The number of nitrogens with zero attached hydrogens (tertiary/aromatic N) is 7. The summed E-state index contributed by atoms with van der Waals surface area (Å²) < 4.78 is 9.31. The van der Waals surface area contributed by atoms with Crippen molar-refractivity contribution in [2.24, 2.45) is 0 Å². The number of imidazole rings is 1. The van der Waals surface area contributed by atoms with Crippen LogP contribution in [0.5, 0.6) is 5.75 Å². The molecule has 0 atom stereocenters. The van der Waals surface area contributed by atoms with Gasteiger partial charge in [-0.25, -0.2) is 9.38 Å². The lowest BCUT2D eigenvalue weighted by molar-refractivity contribution is 0.378. The van der Waals surface area contributed by atoms with E-state index in [-0.39, 0.29) is 11.3 Å². The van der Waals surface area contributed by atoms with Crippen LogP contribution in [0, 0.1) is 0 Å². The summed E-state index contributed by atoms with van der Waals surface area (Å²) in [6, 6.07) is 6.55. The second kappa shape index (κ2) is 8.77. The van der Waals surface area contributed by atoms with E-state index in [2.05, 4.69) is 53.2 Å². The fourth-order valence-electron chi connectivity index (χ4n) is 3.77. The maximum Gasteiger partial charge on any atom is 0.286 e. The van der Waals surface area contributed by atoms with Gasteiger partial charge >= 0.3 is 0 Å². The molecule has 5 aromatic rings. The molecule has 4 heterocycles. The number of phenols is 1. The van der Waals surface area contributed by atoms with E-state index in [0.717, 1.165) is 24.8 Å². The lowest BCUT2D eigenvalue weighted by Crippen LogP contribution is -2.21. The number of aromatic amines is 1. The largest absolute Gasteiger partial charge is 0.508 e. The molecular weight excluding hydrogens is 492 g/mol. The van der Waals surface area contributed by atoms with Gasteiger partial charge in [0.1, 0.15) is 11.6 Å². The van der Waals surface area contributed by atoms with Gasteiger partial charge in [0.05, 0.1) is 0 Å². The number of aromatic nitrogens is 8. The molecule has 0 unspecified atom stereocenters. The molecule has 0 amide bonds. The van der Waals surface area contributed by atoms with Gasteiger partial charge in [0, 0.05) is 24.9 Å². The van der Waals surface area contributed by atoms with Crippen molar-refractivity contribution in [3.05, 3.63) is 51.1 Å². The van der Waals surface area contributed by atoms with Gasteiger partial charge in [-0.2, -0.15) is 4.98 Å². The summed E-state index contributed by atoms with van der Waals surface area (Å²) in [6.45, 7) is 2.82. The van der Waals surface area contributed by atoms with Crippen LogP contribution in [0.3, 0.4) is 0 Å². The van der Waals surface area contributed by atoms with Gasteiger partial charge in [-0.15, -0.1) is 10.2 Å². The molecule has 0 saturated heterocycles. The molecular formula is C21H21BrN8O3. The van der Waals surface area contributed by atoms with E-state index in [9.17, 15) is 9.90 Å². The first-order valence-corrected chi connectivity index (χ1v) is 11.5. The van der Waals surface area contributed by atoms with Crippen molar-refractivity contribution in [1.29, 1.82) is 0 Å². The van der Waals surface area contributed by atoms with Gasteiger partial charge in [0.25, 0.3) is 5.56 Å². The quantitative estimate of drug-likeness (QED) is 0.238. The molecule has 12 heteroatoms. The number of halogens is 1. The highest BCUT2D eigenvalue weighted by molar-refractivity contribution is 9.10. The van der Waals surface area contributed by atoms with E-state index < -0.39 is 0 Å². The van der Waals surface area contributed by atoms with Crippen molar-refractivity contribution in [3.8, 4) is 17.1 Å². The molecule has 0 bridgehead atoms. The van der Waals surface area contributed by atoms with Crippen molar-refractivity contribution >= 4 is 32.9 Å². The Morgan fingerprint density at radius 1 is 1.12 bits per heavy atom. The maximum absolute atomic E-state index is 13.2. The van der Waals surface area contributed by atoms with Crippen LogP contribution >= 0.6 is 15.9 Å². The van der Waals surface area contributed by atoms with E-state index in [1.165, 1.54) is 4.40 Å². The summed E-state index contributed by atoms with van der Waals surface area (Å²) in [7, 11) is 0. The summed E-state index contributed by atoms with van der Waals surface area (Å²) in [5, 5.41) is 22.0. The van der Waals surface area contributed by atoms with Crippen molar-refractivity contribution in [2.45, 2.75) is 45.6 Å². The minimum atomic E-state index is -0.250. The highest BCUT2D eigenvalue weighted by Gasteiger charge is 2.20. The van der Waals surface area contributed by atoms with Gasteiger partial charge in [0.2, 0.25) is 17.5 Å². The number of aryl methyl sites for hydroxylation is 3.